The molecule has 0 atom stereocenters. The van der Waals surface area contributed by atoms with Crippen LogP contribution in [-0.4, -0.2) is 0 Å². The van der Waals surface area contributed by atoms with Gasteiger partial charge in [-0.2, -0.15) is 39.5 Å². The van der Waals surface area contributed by atoms with Crippen molar-refractivity contribution >= 4 is 0 Å². The van der Waals surface area contributed by atoms with Crippen molar-refractivity contribution in [3.8, 4) is 11.1 Å². The van der Waals surface area contributed by atoms with Crippen LogP contribution in [0.25, 0.3) is 11.1 Å². The van der Waals surface area contributed by atoms with E-state index in [0.717, 1.165) is 12.1 Å². The number of halogens is 9. The fourth-order valence-corrected chi connectivity index (χ4v) is 2.08. The topological polar surface area (TPSA) is 0 Å². The number of hydrogen-bond donors (Lipinski definition) is 0. The molecule has 2 rings (SSSR count). The molecule has 2 aromatic carbocycles. The van der Waals surface area contributed by atoms with Gasteiger partial charge in [-0.05, 0) is 35.4 Å². The molecule has 0 unspecified atom stereocenters. The van der Waals surface area contributed by atoms with Gasteiger partial charge >= 0.3 is 18.5 Å². The van der Waals surface area contributed by atoms with E-state index in [1.165, 1.54) is 0 Å². The van der Waals surface area contributed by atoms with Crippen LogP contribution >= 0.6 is 0 Å². The molecule has 2 aromatic rings. The van der Waals surface area contributed by atoms with Crippen LogP contribution < -0.4 is 0 Å². The fraction of sp³-hybridized carbons (Fsp3) is 0.200. The van der Waals surface area contributed by atoms with Crippen molar-refractivity contribution in [2.75, 3.05) is 0 Å². The van der Waals surface area contributed by atoms with E-state index in [2.05, 4.69) is 0 Å². The van der Waals surface area contributed by atoms with Crippen molar-refractivity contribution in [2.45, 2.75) is 18.5 Å². The van der Waals surface area contributed by atoms with E-state index >= 15 is 0 Å². The summed E-state index contributed by atoms with van der Waals surface area (Å²) in [5, 5.41) is 0. The molecule has 0 aliphatic heterocycles. The van der Waals surface area contributed by atoms with Gasteiger partial charge in [0.15, 0.2) is 0 Å². The zero-order valence-corrected chi connectivity index (χ0v) is 11.4. The first-order chi connectivity index (χ1) is 10.8. The van der Waals surface area contributed by atoms with Gasteiger partial charge in [0.1, 0.15) is 0 Å². The van der Waals surface area contributed by atoms with E-state index < -0.39 is 40.8 Å². The Morgan fingerprint density at radius 1 is 0.500 bits per heavy atom. The molecule has 0 bridgehead atoms. The Balaban J connectivity index is 2.62. The summed E-state index contributed by atoms with van der Waals surface area (Å²) in [5.41, 5.74) is -5.64. The van der Waals surface area contributed by atoms with E-state index in [1.807, 2.05) is 0 Å². The molecular formula is C15H7F9. The largest absolute Gasteiger partial charge is 0.417 e. The van der Waals surface area contributed by atoms with Crippen LogP contribution in [0, 0.1) is 0 Å². The molecule has 0 fully saturated rings. The first kappa shape index (κ1) is 18.2. The summed E-state index contributed by atoms with van der Waals surface area (Å²) in [6.45, 7) is 0. The molecule has 24 heavy (non-hydrogen) atoms. The predicted molar refractivity (Wildman–Crippen MR) is 66.9 cm³/mol. The minimum atomic E-state index is -5.30. The molecule has 0 spiro atoms. The quantitative estimate of drug-likeness (QED) is 0.517. The number of rotatable bonds is 1. The van der Waals surface area contributed by atoms with Gasteiger partial charge in [-0.3, -0.25) is 0 Å². The Labute approximate surface area is 129 Å². The molecule has 0 heterocycles. The first-order valence-electron chi connectivity index (χ1n) is 6.26. The lowest BCUT2D eigenvalue weighted by Crippen LogP contribution is -2.16. The molecule has 0 aliphatic carbocycles. The van der Waals surface area contributed by atoms with Crippen LogP contribution in [0.4, 0.5) is 39.5 Å². The van der Waals surface area contributed by atoms with Crippen molar-refractivity contribution < 1.29 is 39.5 Å². The molecule has 0 radical (unpaired) electrons. The third-order valence-corrected chi connectivity index (χ3v) is 3.15. The highest BCUT2D eigenvalue weighted by Gasteiger charge is 2.43. The number of hydrogen-bond acceptors (Lipinski definition) is 0. The van der Waals surface area contributed by atoms with Gasteiger partial charge in [0.2, 0.25) is 0 Å². The minimum Gasteiger partial charge on any atom is -0.166 e. The van der Waals surface area contributed by atoms with E-state index in [0.29, 0.717) is 18.2 Å². The molecular weight excluding hydrogens is 351 g/mol. The van der Waals surface area contributed by atoms with E-state index in [9.17, 15) is 39.5 Å². The average molecular weight is 358 g/mol. The molecule has 9 heteroatoms. The van der Waals surface area contributed by atoms with Crippen molar-refractivity contribution in [3.05, 3.63) is 59.2 Å². The Kier molecular flexibility index (Phi) is 4.32. The van der Waals surface area contributed by atoms with E-state index in [-0.39, 0.29) is 17.7 Å². The van der Waals surface area contributed by atoms with Gasteiger partial charge in [-0.1, -0.05) is 18.2 Å². The lowest BCUT2D eigenvalue weighted by Gasteiger charge is -2.17. The number of alkyl halides is 9. The molecule has 0 amide bonds. The van der Waals surface area contributed by atoms with Crippen LogP contribution in [0.3, 0.4) is 0 Å². The smallest absolute Gasteiger partial charge is 0.166 e. The highest BCUT2D eigenvalue weighted by atomic mass is 19.4. The van der Waals surface area contributed by atoms with Crippen molar-refractivity contribution in [1.29, 1.82) is 0 Å². The van der Waals surface area contributed by atoms with Crippen LogP contribution in [0.2, 0.25) is 0 Å². The van der Waals surface area contributed by atoms with E-state index in [1.54, 1.807) is 0 Å². The highest BCUT2D eigenvalue weighted by molar-refractivity contribution is 5.66. The molecule has 0 saturated heterocycles. The lowest BCUT2D eigenvalue weighted by molar-refractivity contribution is -0.162. The standard InChI is InChI=1S/C15H7F9/c16-13(17,18)10-3-1-2-8(6-10)9-4-5-11(14(19,20)21)12(7-9)15(22,23)24/h1-7H. The van der Waals surface area contributed by atoms with Gasteiger partial charge in [-0.25, -0.2) is 0 Å². The first-order valence-corrected chi connectivity index (χ1v) is 6.26. The Hall–Kier alpha value is -2.19. The third kappa shape index (κ3) is 3.82. The third-order valence-electron chi connectivity index (χ3n) is 3.15. The predicted octanol–water partition coefficient (Wildman–Crippen LogP) is 6.41. The van der Waals surface area contributed by atoms with Gasteiger partial charge in [0, 0.05) is 0 Å². The van der Waals surface area contributed by atoms with Crippen molar-refractivity contribution in [1.82, 2.24) is 0 Å². The average Bonchev–Trinajstić information content (AvgIpc) is 2.44. The van der Waals surface area contributed by atoms with Crippen LogP contribution in [0.5, 0.6) is 0 Å². The van der Waals surface area contributed by atoms with Crippen molar-refractivity contribution in [2.24, 2.45) is 0 Å². The molecule has 0 nitrogen and oxygen atoms in total. The van der Waals surface area contributed by atoms with E-state index in [4.69, 9.17) is 0 Å². The second-order valence-electron chi connectivity index (χ2n) is 4.83. The second kappa shape index (κ2) is 5.71. The SMILES string of the molecule is FC(F)(F)c1cccc(-c2ccc(C(F)(F)F)c(C(F)(F)F)c2)c1. The maximum Gasteiger partial charge on any atom is 0.417 e. The Morgan fingerprint density at radius 2 is 1.04 bits per heavy atom. The fourth-order valence-electron chi connectivity index (χ4n) is 2.08. The van der Waals surface area contributed by atoms with Gasteiger partial charge in [0.05, 0.1) is 16.7 Å². The summed E-state index contributed by atoms with van der Waals surface area (Å²) in [6.07, 6.45) is -15.3. The summed E-state index contributed by atoms with van der Waals surface area (Å²) < 4.78 is 115. The summed E-state index contributed by atoms with van der Waals surface area (Å²) >= 11 is 0. The normalized spacial score (nSPS) is 13.2. The second-order valence-corrected chi connectivity index (χ2v) is 4.83. The molecule has 130 valence electrons. The zero-order valence-electron chi connectivity index (χ0n) is 11.4. The minimum absolute atomic E-state index is 0.193. The maximum atomic E-state index is 12.9. The monoisotopic (exact) mass is 358 g/mol. The Bertz CT molecular complexity index is 736. The van der Waals surface area contributed by atoms with Crippen molar-refractivity contribution in [3.63, 3.8) is 0 Å². The Morgan fingerprint density at radius 3 is 1.54 bits per heavy atom. The molecule has 0 saturated carbocycles. The summed E-state index contributed by atoms with van der Waals surface area (Å²) in [4.78, 5) is 0. The summed E-state index contributed by atoms with van der Waals surface area (Å²) in [5.74, 6) is 0. The van der Waals surface area contributed by atoms with Crippen LogP contribution in [0.1, 0.15) is 16.7 Å². The summed E-state index contributed by atoms with van der Waals surface area (Å²) in [6, 6.07) is 4.42. The number of benzene rings is 2. The molecule has 0 aliphatic rings. The highest BCUT2D eigenvalue weighted by Crippen LogP contribution is 2.42. The van der Waals surface area contributed by atoms with Gasteiger partial charge < -0.3 is 0 Å². The van der Waals surface area contributed by atoms with Crippen LogP contribution in [0.15, 0.2) is 42.5 Å². The van der Waals surface area contributed by atoms with Gasteiger partial charge in [0.25, 0.3) is 0 Å². The van der Waals surface area contributed by atoms with Gasteiger partial charge in [-0.15, -0.1) is 0 Å². The molecule has 0 N–H and O–H groups in total. The maximum absolute atomic E-state index is 12.9. The molecule has 0 aromatic heterocycles. The zero-order chi connectivity index (χ0) is 18.3. The summed E-state index contributed by atoms with van der Waals surface area (Å²) in [7, 11) is 0. The van der Waals surface area contributed by atoms with Crippen LogP contribution in [-0.2, 0) is 18.5 Å². The lowest BCUT2D eigenvalue weighted by atomic mass is 9.97.